The van der Waals surface area contributed by atoms with E-state index in [1.54, 1.807) is 7.05 Å². The van der Waals surface area contributed by atoms with Crippen LogP contribution in [0.15, 0.2) is 41.4 Å². The number of carbonyl (C=O) groups is 1. The van der Waals surface area contributed by atoms with Gasteiger partial charge in [-0.15, -0.1) is 35.3 Å². The van der Waals surface area contributed by atoms with Crippen molar-refractivity contribution in [1.29, 1.82) is 0 Å². The number of halogens is 1. The van der Waals surface area contributed by atoms with Gasteiger partial charge < -0.3 is 15.5 Å². The van der Waals surface area contributed by atoms with Crippen LogP contribution >= 0.6 is 35.3 Å². The highest BCUT2D eigenvalue weighted by Crippen LogP contribution is 2.18. The number of likely N-dealkylation sites (tertiary alicyclic amines) is 1. The molecule has 158 valence electrons. The van der Waals surface area contributed by atoms with Crippen molar-refractivity contribution in [3.63, 3.8) is 0 Å². The van der Waals surface area contributed by atoms with Gasteiger partial charge in [-0.25, -0.2) is 0 Å². The zero-order valence-electron chi connectivity index (χ0n) is 17.4. The summed E-state index contributed by atoms with van der Waals surface area (Å²) in [5.74, 6) is 1.06. The molecule has 1 aromatic heterocycles. The van der Waals surface area contributed by atoms with Crippen molar-refractivity contribution in [2.75, 3.05) is 13.6 Å². The van der Waals surface area contributed by atoms with Gasteiger partial charge in [-0.05, 0) is 43.5 Å². The number of aryl methyl sites for hydroxylation is 1. The Balaban J connectivity index is 0.00000300. The van der Waals surface area contributed by atoms with Gasteiger partial charge in [0.05, 0.1) is 0 Å². The minimum absolute atomic E-state index is 0. The van der Waals surface area contributed by atoms with E-state index in [1.165, 1.54) is 20.9 Å². The lowest BCUT2D eigenvalue weighted by atomic mass is 10.1. The highest BCUT2D eigenvalue weighted by atomic mass is 127. The number of carbonyl (C=O) groups excluding carboxylic acids is 1. The average Bonchev–Trinajstić information content (AvgIpc) is 3.27. The summed E-state index contributed by atoms with van der Waals surface area (Å²) in [4.78, 5) is 21.0. The van der Waals surface area contributed by atoms with E-state index in [0.29, 0.717) is 25.6 Å². The van der Waals surface area contributed by atoms with Gasteiger partial charge in [0.2, 0.25) is 5.91 Å². The fraction of sp³-hybridized carbons (Fsp3) is 0.455. The van der Waals surface area contributed by atoms with Gasteiger partial charge in [0.25, 0.3) is 0 Å². The highest BCUT2D eigenvalue weighted by Gasteiger charge is 2.20. The molecule has 1 aliphatic heterocycles. The molecular formula is C22H31IN4OS. The number of benzene rings is 1. The fourth-order valence-electron chi connectivity index (χ4n) is 3.52. The lowest BCUT2D eigenvalue weighted by Crippen LogP contribution is -2.42. The molecule has 29 heavy (non-hydrogen) atoms. The first-order chi connectivity index (χ1) is 13.5. The van der Waals surface area contributed by atoms with Gasteiger partial charge in [0.1, 0.15) is 0 Å². The monoisotopic (exact) mass is 526 g/mol. The van der Waals surface area contributed by atoms with Gasteiger partial charge in [0, 0.05) is 55.3 Å². The van der Waals surface area contributed by atoms with Crippen molar-refractivity contribution in [3.05, 3.63) is 57.3 Å². The van der Waals surface area contributed by atoms with Crippen LogP contribution in [-0.2, 0) is 24.3 Å². The van der Waals surface area contributed by atoms with Crippen molar-refractivity contribution in [2.45, 2.75) is 52.2 Å². The molecule has 1 fully saturated rings. The summed E-state index contributed by atoms with van der Waals surface area (Å²) in [5, 5.41) is 6.90. The third kappa shape index (κ3) is 6.99. The van der Waals surface area contributed by atoms with Crippen LogP contribution in [0.3, 0.4) is 0 Å². The Morgan fingerprint density at radius 3 is 2.62 bits per heavy atom. The second kappa shape index (κ2) is 11.5. The standard InChI is InChI=1S/C22H30N4OS.HI/c1-16(13-20-11-10-17(2)28-20)25-22(23-3)24-14-18-7-4-5-8-19(18)15-26-12-6-9-21(26)27;/h4-5,7-8,10-11,16H,6,9,12-15H2,1-3H3,(H2,23,24,25);1H. The summed E-state index contributed by atoms with van der Waals surface area (Å²) in [6.07, 6.45) is 2.63. The molecule has 1 saturated heterocycles. The fourth-order valence-corrected chi connectivity index (χ4v) is 4.53. The third-order valence-electron chi connectivity index (χ3n) is 5.01. The molecule has 0 bridgehead atoms. The largest absolute Gasteiger partial charge is 0.354 e. The summed E-state index contributed by atoms with van der Waals surface area (Å²) in [6.45, 7) is 6.55. The predicted molar refractivity (Wildman–Crippen MR) is 132 cm³/mol. The van der Waals surface area contributed by atoms with Crippen LogP contribution in [0, 0.1) is 6.92 Å². The molecule has 0 saturated carbocycles. The van der Waals surface area contributed by atoms with E-state index < -0.39 is 0 Å². The molecule has 1 atom stereocenters. The number of nitrogens with one attached hydrogen (secondary N) is 2. The summed E-state index contributed by atoms with van der Waals surface area (Å²) >= 11 is 1.85. The molecular weight excluding hydrogens is 495 g/mol. The van der Waals surface area contributed by atoms with Gasteiger partial charge in [-0.2, -0.15) is 0 Å². The van der Waals surface area contributed by atoms with Crippen molar-refractivity contribution >= 4 is 47.2 Å². The molecule has 1 amide bonds. The number of nitrogens with zero attached hydrogens (tertiary/aromatic N) is 2. The maximum Gasteiger partial charge on any atom is 0.222 e. The van der Waals surface area contributed by atoms with Crippen LogP contribution in [0.1, 0.15) is 40.6 Å². The van der Waals surface area contributed by atoms with Gasteiger partial charge in [-0.3, -0.25) is 9.79 Å². The van der Waals surface area contributed by atoms with Crippen LogP contribution in [-0.4, -0.2) is 36.4 Å². The number of rotatable bonds is 7. The molecule has 2 N–H and O–H groups in total. The first-order valence-electron chi connectivity index (χ1n) is 9.92. The minimum Gasteiger partial charge on any atom is -0.354 e. The average molecular weight is 526 g/mol. The van der Waals surface area contributed by atoms with Crippen molar-refractivity contribution < 1.29 is 4.79 Å². The van der Waals surface area contributed by atoms with Crippen LogP contribution in [0.25, 0.3) is 0 Å². The summed E-state index contributed by atoms with van der Waals surface area (Å²) in [7, 11) is 1.80. The van der Waals surface area contributed by atoms with Crippen molar-refractivity contribution in [3.8, 4) is 0 Å². The molecule has 2 heterocycles. The van der Waals surface area contributed by atoms with Gasteiger partial charge >= 0.3 is 0 Å². The zero-order chi connectivity index (χ0) is 19.9. The zero-order valence-corrected chi connectivity index (χ0v) is 20.6. The number of hydrogen-bond acceptors (Lipinski definition) is 3. The first kappa shape index (κ1) is 23.7. The minimum atomic E-state index is 0. The Morgan fingerprint density at radius 2 is 2.00 bits per heavy atom. The summed E-state index contributed by atoms with van der Waals surface area (Å²) < 4.78 is 0. The molecule has 7 heteroatoms. The molecule has 1 aromatic carbocycles. The Labute approximate surface area is 195 Å². The van der Waals surface area contributed by atoms with E-state index in [9.17, 15) is 4.79 Å². The molecule has 1 unspecified atom stereocenters. The Kier molecular flexibility index (Phi) is 9.42. The molecule has 0 aliphatic carbocycles. The SMILES string of the molecule is CN=C(NCc1ccccc1CN1CCCC1=O)NC(C)Cc1ccc(C)s1.I. The maximum absolute atomic E-state index is 12.0. The van der Waals surface area contributed by atoms with Crippen LogP contribution in [0.5, 0.6) is 0 Å². The predicted octanol–water partition coefficient (Wildman–Crippen LogP) is 4.09. The quantitative estimate of drug-likeness (QED) is 0.325. The van der Waals surface area contributed by atoms with Crippen molar-refractivity contribution in [2.24, 2.45) is 4.99 Å². The number of hydrogen-bond donors (Lipinski definition) is 2. The summed E-state index contributed by atoms with van der Waals surface area (Å²) in [5.41, 5.74) is 2.40. The second-order valence-electron chi connectivity index (χ2n) is 7.38. The second-order valence-corrected chi connectivity index (χ2v) is 8.75. The number of amides is 1. The van der Waals surface area contributed by atoms with E-state index in [4.69, 9.17) is 0 Å². The van der Waals surface area contributed by atoms with E-state index >= 15 is 0 Å². The normalized spacial score (nSPS) is 15.2. The Morgan fingerprint density at radius 1 is 1.24 bits per heavy atom. The lowest BCUT2D eigenvalue weighted by Gasteiger charge is -2.20. The van der Waals surface area contributed by atoms with Crippen LogP contribution < -0.4 is 10.6 Å². The smallest absolute Gasteiger partial charge is 0.222 e. The molecule has 2 aromatic rings. The first-order valence-corrected chi connectivity index (χ1v) is 10.7. The molecule has 0 radical (unpaired) electrons. The van der Waals surface area contributed by atoms with E-state index in [2.05, 4.69) is 53.7 Å². The summed E-state index contributed by atoms with van der Waals surface area (Å²) in [6, 6.07) is 13.0. The molecule has 3 rings (SSSR count). The van der Waals surface area contributed by atoms with Crippen LogP contribution in [0.4, 0.5) is 0 Å². The maximum atomic E-state index is 12.0. The van der Waals surface area contributed by atoms with Gasteiger partial charge in [0.15, 0.2) is 5.96 Å². The highest BCUT2D eigenvalue weighted by molar-refractivity contribution is 14.0. The van der Waals surface area contributed by atoms with E-state index in [0.717, 1.165) is 25.3 Å². The van der Waals surface area contributed by atoms with Crippen molar-refractivity contribution in [1.82, 2.24) is 15.5 Å². The Hall–Kier alpha value is -1.61. The topological polar surface area (TPSA) is 56.7 Å². The van der Waals surface area contributed by atoms with E-state index in [1.807, 2.05) is 28.4 Å². The van der Waals surface area contributed by atoms with Crippen LogP contribution in [0.2, 0.25) is 0 Å². The van der Waals surface area contributed by atoms with Gasteiger partial charge in [-0.1, -0.05) is 24.3 Å². The molecule has 5 nitrogen and oxygen atoms in total. The Bertz CT molecular complexity index is 836. The number of guanidine groups is 1. The number of thiophene rings is 1. The molecule has 1 aliphatic rings. The number of aliphatic imine (C=N–C) groups is 1. The molecule has 0 spiro atoms. The van der Waals surface area contributed by atoms with E-state index in [-0.39, 0.29) is 29.9 Å². The third-order valence-corrected chi connectivity index (χ3v) is 6.03. The lowest BCUT2D eigenvalue weighted by molar-refractivity contribution is -0.128.